The van der Waals surface area contributed by atoms with Gasteiger partial charge in [0.25, 0.3) is 0 Å². The first-order valence-corrected chi connectivity index (χ1v) is 10.0. The maximum absolute atomic E-state index is 12.2. The van der Waals surface area contributed by atoms with E-state index in [1.807, 2.05) is 6.92 Å². The summed E-state index contributed by atoms with van der Waals surface area (Å²) in [5.41, 5.74) is 2.77. The monoisotopic (exact) mass is 329 g/mol. The average molecular weight is 329 g/mol. The van der Waals surface area contributed by atoms with Crippen LogP contribution in [0.1, 0.15) is 10.6 Å². The second kappa shape index (κ2) is 6.15. The van der Waals surface area contributed by atoms with Crippen LogP contribution < -0.4 is 0 Å². The van der Waals surface area contributed by atoms with Crippen LogP contribution in [0.4, 0.5) is 0 Å². The molecule has 0 fully saturated rings. The molecule has 1 aromatic heterocycles. The standard InChI is InChI=1S/C13H15NO3S3/c1-10-13(18-9-14-10)7-8-19(15)11-3-5-12(6-4-11)20(2,16)17/h3-6,9H,7-8H2,1-2H3/t19-/m1/s1. The number of sulfone groups is 1. The van der Waals surface area contributed by atoms with Crippen molar-refractivity contribution in [2.75, 3.05) is 12.0 Å². The normalized spacial score (nSPS) is 13.3. The largest absolute Gasteiger partial charge is 0.254 e. The molecule has 20 heavy (non-hydrogen) atoms. The van der Waals surface area contributed by atoms with Crippen LogP contribution in [0.15, 0.2) is 39.6 Å². The first-order valence-electron chi connectivity index (χ1n) is 5.95. The fraction of sp³-hybridized carbons (Fsp3) is 0.308. The van der Waals surface area contributed by atoms with Gasteiger partial charge in [-0.1, -0.05) is 0 Å². The quantitative estimate of drug-likeness (QED) is 0.843. The van der Waals surface area contributed by atoms with Crippen molar-refractivity contribution < 1.29 is 12.6 Å². The van der Waals surface area contributed by atoms with Gasteiger partial charge in [0.1, 0.15) is 0 Å². The Balaban J connectivity index is 2.05. The van der Waals surface area contributed by atoms with Crippen molar-refractivity contribution in [3.63, 3.8) is 0 Å². The predicted octanol–water partition coefficient (Wildman–Crippen LogP) is 2.21. The molecular weight excluding hydrogens is 314 g/mol. The van der Waals surface area contributed by atoms with Crippen molar-refractivity contribution in [1.82, 2.24) is 4.98 Å². The summed E-state index contributed by atoms with van der Waals surface area (Å²) in [6.45, 7) is 1.94. The highest BCUT2D eigenvalue weighted by Crippen LogP contribution is 2.17. The van der Waals surface area contributed by atoms with E-state index in [1.165, 1.54) is 12.1 Å². The van der Waals surface area contributed by atoms with Crippen molar-refractivity contribution in [2.45, 2.75) is 23.1 Å². The van der Waals surface area contributed by atoms with Gasteiger partial charge in [0.15, 0.2) is 9.84 Å². The van der Waals surface area contributed by atoms with Gasteiger partial charge >= 0.3 is 0 Å². The second-order valence-electron chi connectivity index (χ2n) is 4.40. The Kier molecular flexibility index (Phi) is 4.72. The molecule has 0 N–H and O–H groups in total. The molecule has 0 aliphatic rings. The molecule has 0 amide bonds. The summed E-state index contributed by atoms with van der Waals surface area (Å²) in [5.74, 6) is 0.515. The minimum atomic E-state index is -3.20. The Labute approximate surface area is 125 Å². The number of aromatic nitrogens is 1. The molecule has 0 spiro atoms. The van der Waals surface area contributed by atoms with Crippen molar-refractivity contribution in [1.29, 1.82) is 0 Å². The number of aryl methyl sites for hydroxylation is 2. The summed E-state index contributed by atoms with van der Waals surface area (Å²) in [6.07, 6.45) is 1.88. The van der Waals surface area contributed by atoms with Crippen molar-refractivity contribution in [2.24, 2.45) is 0 Å². The topological polar surface area (TPSA) is 64.1 Å². The van der Waals surface area contributed by atoms with Gasteiger partial charge in [0.2, 0.25) is 0 Å². The number of hydrogen-bond acceptors (Lipinski definition) is 5. The predicted molar refractivity (Wildman–Crippen MR) is 81.4 cm³/mol. The van der Waals surface area contributed by atoms with Gasteiger partial charge in [-0.25, -0.2) is 13.4 Å². The first kappa shape index (κ1) is 15.3. The molecule has 0 aliphatic heterocycles. The summed E-state index contributed by atoms with van der Waals surface area (Å²) in [4.78, 5) is 6.20. The summed E-state index contributed by atoms with van der Waals surface area (Å²) in [5, 5.41) is 0. The molecule has 0 unspecified atom stereocenters. The number of benzene rings is 1. The van der Waals surface area contributed by atoms with E-state index >= 15 is 0 Å². The molecule has 108 valence electrons. The lowest BCUT2D eigenvalue weighted by Gasteiger charge is -2.03. The van der Waals surface area contributed by atoms with Crippen molar-refractivity contribution >= 4 is 32.0 Å². The minimum absolute atomic E-state index is 0.247. The molecule has 1 atom stereocenters. The van der Waals surface area contributed by atoms with Crippen LogP contribution in [0.3, 0.4) is 0 Å². The van der Waals surface area contributed by atoms with E-state index in [-0.39, 0.29) is 4.90 Å². The molecule has 1 heterocycles. The fourth-order valence-electron chi connectivity index (χ4n) is 1.71. The highest BCUT2D eigenvalue weighted by molar-refractivity contribution is 7.90. The summed E-state index contributed by atoms with van der Waals surface area (Å²) in [6, 6.07) is 6.24. The third kappa shape index (κ3) is 3.74. The number of hydrogen-bond donors (Lipinski definition) is 0. The molecule has 4 nitrogen and oxygen atoms in total. The highest BCUT2D eigenvalue weighted by atomic mass is 32.2. The number of nitrogens with zero attached hydrogens (tertiary/aromatic N) is 1. The summed E-state index contributed by atoms with van der Waals surface area (Å²) >= 11 is 1.57. The van der Waals surface area contributed by atoms with E-state index in [1.54, 1.807) is 29.0 Å². The minimum Gasteiger partial charge on any atom is -0.254 e. The lowest BCUT2D eigenvalue weighted by molar-refractivity contribution is 0.601. The van der Waals surface area contributed by atoms with Crippen LogP contribution in [-0.2, 0) is 27.1 Å². The van der Waals surface area contributed by atoms with E-state index < -0.39 is 20.6 Å². The third-order valence-corrected chi connectivity index (χ3v) is 6.37. The smallest absolute Gasteiger partial charge is 0.175 e. The van der Waals surface area contributed by atoms with Crippen LogP contribution >= 0.6 is 11.3 Å². The van der Waals surface area contributed by atoms with Gasteiger partial charge in [-0.3, -0.25) is 4.21 Å². The van der Waals surface area contributed by atoms with E-state index in [2.05, 4.69) is 4.98 Å². The molecule has 2 rings (SSSR count). The van der Waals surface area contributed by atoms with E-state index in [0.717, 1.165) is 23.2 Å². The van der Waals surface area contributed by atoms with Crippen LogP contribution in [0.2, 0.25) is 0 Å². The molecule has 0 saturated heterocycles. The highest BCUT2D eigenvalue weighted by Gasteiger charge is 2.10. The Morgan fingerprint density at radius 1 is 1.25 bits per heavy atom. The molecule has 7 heteroatoms. The van der Waals surface area contributed by atoms with Crippen molar-refractivity contribution in [3.8, 4) is 0 Å². The van der Waals surface area contributed by atoms with E-state index in [9.17, 15) is 12.6 Å². The SMILES string of the molecule is Cc1ncsc1CC[S@@](=O)c1ccc(S(C)(=O)=O)cc1. The zero-order valence-corrected chi connectivity index (χ0v) is 13.6. The molecule has 1 aromatic carbocycles. The van der Waals surface area contributed by atoms with Crippen LogP contribution in [0.5, 0.6) is 0 Å². The Hall–Kier alpha value is -1.05. The van der Waals surface area contributed by atoms with E-state index in [0.29, 0.717) is 10.6 Å². The molecule has 0 radical (unpaired) electrons. The maximum Gasteiger partial charge on any atom is 0.175 e. The molecular formula is C13H15NO3S3. The van der Waals surface area contributed by atoms with Gasteiger partial charge in [0, 0.05) is 21.8 Å². The molecule has 0 aliphatic carbocycles. The zero-order chi connectivity index (χ0) is 14.8. The second-order valence-corrected chi connectivity index (χ2v) is 8.93. The average Bonchev–Trinajstić information content (AvgIpc) is 2.81. The maximum atomic E-state index is 12.2. The van der Waals surface area contributed by atoms with Crippen LogP contribution in [0, 0.1) is 6.92 Å². The molecule has 0 bridgehead atoms. The third-order valence-electron chi connectivity index (χ3n) is 2.87. The lowest BCUT2D eigenvalue weighted by Crippen LogP contribution is -2.03. The zero-order valence-electron chi connectivity index (χ0n) is 11.2. The summed E-state index contributed by atoms with van der Waals surface area (Å²) < 4.78 is 34.9. The van der Waals surface area contributed by atoms with Gasteiger partial charge < -0.3 is 0 Å². The van der Waals surface area contributed by atoms with Crippen LogP contribution in [0.25, 0.3) is 0 Å². The van der Waals surface area contributed by atoms with Gasteiger partial charge in [-0.15, -0.1) is 11.3 Å². The van der Waals surface area contributed by atoms with Gasteiger partial charge in [-0.2, -0.15) is 0 Å². The summed E-state index contributed by atoms with van der Waals surface area (Å²) in [7, 11) is -4.33. The van der Waals surface area contributed by atoms with E-state index in [4.69, 9.17) is 0 Å². The number of thiazole rings is 1. The number of rotatable bonds is 5. The first-order chi connectivity index (χ1) is 9.38. The fourth-order valence-corrected chi connectivity index (χ4v) is 4.31. The van der Waals surface area contributed by atoms with Gasteiger partial charge in [-0.05, 0) is 37.6 Å². The lowest BCUT2D eigenvalue weighted by atomic mass is 10.3. The van der Waals surface area contributed by atoms with Gasteiger partial charge in [0.05, 0.1) is 26.9 Å². The molecule has 0 saturated carbocycles. The Bertz CT molecular complexity index is 718. The van der Waals surface area contributed by atoms with Crippen molar-refractivity contribution in [3.05, 3.63) is 40.3 Å². The Morgan fingerprint density at radius 3 is 2.40 bits per heavy atom. The van der Waals surface area contributed by atoms with Crippen LogP contribution in [-0.4, -0.2) is 29.6 Å². The Morgan fingerprint density at radius 2 is 1.90 bits per heavy atom. The molecule has 2 aromatic rings.